The van der Waals surface area contributed by atoms with Crippen molar-refractivity contribution < 1.29 is 4.79 Å². The van der Waals surface area contributed by atoms with Gasteiger partial charge in [-0.2, -0.15) is 5.10 Å². The van der Waals surface area contributed by atoms with Gasteiger partial charge in [0.2, 0.25) is 5.91 Å². The molecule has 0 saturated carbocycles. The molecule has 0 N–H and O–H groups in total. The highest BCUT2D eigenvalue weighted by Crippen LogP contribution is 2.25. The maximum absolute atomic E-state index is 12.9. The van der Waals surface area contributed by atoms with Crippen molar-refractivity contribution in [2.45, 2.75) is 32.2 Å². The minimum Gasteiger partial charge on any atom is -0.340 e. The van der Waals surface area contributed by atoms with Crippen LogP contribution in [0.4, 0.5) is 0 Å². The molecule has 0 radical (unpaired) electrons. The fourth-order valence-electron chi connectivity index (χ4n) is 3.92. The summed E-state index contributed by atoms with van der Waals surface area (Å²) in [6.07, 6.45) is 5.67. The first kappa shape index (κ1) is 17.5. The van der Waals surface area contributed by atoms with Gasteiger partial charge in [0.15, 0.2) is 0 Å². The number of hydrogen-bond donors (Lipinski definition) is 0. The smallest absolute Gasteiger partial charge is 0.275 e. The van der Waals surface area contributed by atoms with Crippen molar-refractivity contribution in [3.8, 4) is 0 Å². The van der Waals surface area contributed by atoms with Crippen LogP contribution >= 0.6 is 0 Å². The highest BCUT2D eigenvalue weighted by Gasteiger charge is 2.27. The average Bonchev–Trinajstić information content (AvgIpc) is 3.12. The van der Waals surface area contributed by atoms with Crippen LogP contribution in [-0.2, 0) is 18.4 Å². The van der Waals surface area contributed by atoms with Gasteiger partial charge in [0.1, 0.15) is 12.4 Å². The van der Waals surface area contributed by atoms with Crippen molar-refractivity contribution in [1.82, 2.24) is 24.2 Å². The molecule has 1 unspecified atom stereocenters. The van der Waals surface area contributed by atoms with Crippen molar-refractivity contribution in [3.05, 3.63) is 58.5 Å². The lowest BCUT2D eigenvalue weighted by molar-refractivity contribution is -0.133. The highest BCUT2D eigenvalue weighted by molar-refractivity contribution is 5.83. The van der Waals surface area contributed by atoms with E-state index in [1.54, 1.807) is 12.3 Å². The van der Waals surface area contributed by atoms with Gasteiger partial charge in [0.25, 0.3) is 5.56 Å². The number of likely N-dealkylation sites (tertiary alicyclic amines) is 1. The van der Waals surface area contributed by atoms with E-state index >= 15 is 0 Å². The van der Waals surface area contributed by atoms with E-state index in [4.69, 9.17) is 0 Å². The number of piperidine rings is 1. The second-order valence-electron chi connectivity index (χ2n) is 7.17. The van der Waals surface area contributed by atoms with Crippen molar-refractivity contribution >= 4 is 16.7 Å². The van der Waals surface area contributed by atoms with Crippen LogP contribution in [0.5, 0.6) is 0 Å². The molecule has 4 rings (SSSR count). The summed E-state index contributed by atoms with van der Waals surface area (Å²) in [7, 11) is 1.98. The Morgan fingerprint density at radius 2 is 2.04 bits per heavy atom. The summed E-state index contributed by atoms with van der Waals surface area (Å²) in [4.78, 5) is 31.8. The SMILES string of the molecule is Cc1nn(CC(=O)N2CCCC(c3nccn3C)C2)c(=O)c2ccccc12. The molecule has 3 aromatic rings. The molecule has 1 aliphatic heterocycles. The number of carbonyl (C=O) groups excluding carboxylic acids is 1. The first-order valence-electron chi connectivity index (χ1n) is 9.26. The van der Waals surface area contributed by atoms with E-state index in [0.29, 0.717) is 18.5 Å². The van der Waals surface area contributed by atoms with E-state index in [0.717, 1.165) is 29.7 Å². The number of rotatable bonds is 3. The van der Waals surface area contributed by atoms with Crippen LogP contribution in [0.2, 0.25) is 0 Å². The monoisotopic (exact) mass is 365 g/mol. The zero-order valence-electron chi connectivity index (χ0n) is 15.6. The molecule has 7 nitrogen and oxygen atoms in total. The molecule has 140 valence electrons. The molecule has 27 heavy (non-hydrogen) atoms. The van der Waals surface area contributed by atoms with Crippen LogP contribution in [0.3, 0.4) is 0 Å². The van der Waals surface area contributed by atoms with Crippen LogP contribution in [0.25, 0.3) is 10.8 Å². The molecule has 7 heteroatoms. The van der Waals surface area contributed by atoms with Crippen LogP contribution in [0.15, 0.2) is 41.5 Å². The number of benzene rings is 1. The molecular formula is C20H23N5O2. The summed E-state index contributed by atoms with van der Waals surface area (Å²) >= 11 is 0. The van der Waals surface area contributed by atoms with E-state index in [9.17, 15) is 9.59 Å². The van der Waals surface area contributed by atoms with Crippen LogP contribution in [0.1, 0.15) is 30.3 Å². The third-order valence-electron chi connectivity index (χ3n) is 5.34. The topological polar surface area (TPSA) is 73.0 Å². The molecule has 2 aromatic heterocycles. The van der Waals surface area contributed by atoms with Gasteiger partial charge in [-0.25, -0.2) is 9.67 Å². The van der Waals surface area contributed by atoms with E-state index < -0.39 is 0 Å². The van der Waals surface area contributed by atoms with Crippen LogP contribution in [0, 0.1) is 6.92 Å². The molecule has 1 saturated heterocycles. The largest absolute Gasteiger partial charge is 0.340 e. The number of fused-ring (bicyclic) bond motifs is 1. The quantitative estimate of drug-likeness (QED) is 0.710. The van der Waals surface area contributed by atoms with Gasteiger partial charge >= 0.3 is 0 Å². The van der Waals surface area contributed by atoms with E-state index in [2.05, 4.69) is 10.1 Å². The fraction of sp³-hybridized carbons (Fsp3) is 0.400. The van der Waals surface area contributed by atoms with Gasteiger partial charge in [-0.3, -0.25) is 9.59 Å². The molecule has 1 aliphatic rings. The van der Waals surface area contributed by atoms with Gasteiger partial charge in [-0.05, 0) is 25.8 Å². The van der Waals surface area contributed by atoms with Gasteiger partial charge in [0.05, 0.1) is 11.1 Å². The number of aromatic nitrogens is 4. The standard InChI is InChI=1S/C20H23N5O2/c1-14-16-7-3-4-8-17(16)20(27)25(22-14)13-18(26)24-10-5-6-15(12-24)19-21-9-11-23(19)2/h3-4,7-9,11,15H,5-6,10,12-13H2,1-2H3. The first-order chi connectivity index (χ1) is 13.0. The van der Waals surface area contributed by atoms with Gasteiger partial charge in [-0.15, -0.1) is 0 Å². The van der Waals surface area contributed by atoms with Gasteiger partial charge < -0.3 is 9.47 Å². The Morgan fingerprint density at radius 1 is 1.26 bits per heavy atom. The number of amides is 1. The molecule has 3 heterocycles. The zero-order chi connectivity index (χ0) is 19.0. The predicted molar refractivity (Wildman–Crippen MR) is 103 cm³/mol. The highest BCUT2D eigenvalue weighted by atomic mass is 16.2. The summed E-state index contributed by atoms with van der Waals surface area (Å²) in [5.74, 6) is 1.16. The number of aryl methyl sites for hydroxylation is 2. The molecule has 1 amide bonds. The molecule has 1 atom stereocenters. The van der Waals surface area contributed by atoms with Crippen molar-refractivity contribution in [3.63, 3.8) is 0 Å². The Hall–Kier alpha value is -2.96. The van der Waals surface area contributed by atoms with Crippen molar-refractivity contribution in [2.24, 2.45) is 7.05 Å². The first-order valence-corrected chi connectivity index (χ1v) is 9.26. The summed E-state index contributed by atoms with van der Waals surface area (Å²) in [5, 5.41) is 5.79. The summed E-state index contributed by atoms with van der Waals surface area (Å²) in [6, 6.07) is 7.38. The second kappa shape index (κ2) is 6.98. The Bertz CT molecular complexity index is 1050. The lowest BCUT2D eigenvalue weighted by atomic mass is 9.97. The number of carbonyl (C=O) groups is 1. The zero-order valence-corrected chi connectivity index (χ0v) is 15.6. The number of hydrogen-bond acceptors (Lipinski definition) is 4. The lowest BCUT2D eigenvalue weighted by Crippen LogP contribution is -2.43. The Morgan fingerprint density at radius 3 is 2.78 bits per heavy atom. The second-order valence-corrected chi connectivity index (χ2v) is 7.17. The number of nitrogens with zero attached hydrogens (tertiary/aromatic N) is 5. The Balaban J connectivity index is 1.56. The Kier molecular flexibility index (Phi) is 4.51. The van der Waals surface area contributed by atoms with Crippen molar-refractivity contribution in [2.75, 3.05) is 13.1 Å². The normalized spacial score (nSPS) is 17.4. The van der Waals surface area contributed by atoms with E-state index in [1.807, 2.05) is 47.8 Å². The average molecular weight is 365 g/mol. The lowest BCUT2D eigenvalue weighted by Gasteiger charge is -2.32. The van der Waals surface area contributed by atoms with Gasteiger partial charge in [0, 0.05) is 43.8 Å². The maximum Gasteiger partial charge on any atom is 0.275 e. The summed E-state index contributed by atoms with van der Waals surface area (Å²) in [5.41, 5.74) is 0.532. The molecular weight excluding hydrogens is 342 g/mol. The molecule has 1 fully saturated rings. The number of imidazole rings is 1. The third-order valence-corrected chi connectivity index (χ3v) is 5.34. The Labute approximate surface area is 157 Å². The van der Waals surface area contributed by atoms with E-state index in [-0.39, 0.29) is 23.9 Å². The third kappa shape index (κ3) is 3.25. The minimum absolute atomic E-state index is 0.0300. The van der Waals surface area contributed by atoms with Crippen LogP contribution in [-0.4, -0.2) is 43.2 Å². The molecule has 0 aliphatic carbocycles. The van der Waals surface area contributed by atoms with Crippen molar-refractivity contribution in [1.29, 1.82) is 0 Å². The fourth-order valence-corrected chi connectivity index (χ4v) is 3.92. The minimum atomic E-state index is -0.220. The summed E-state index contributed by atoms with van der Waals surface area (Å²) < 4.78 is 3.31. The van der Waals surface area contributed by atoms with E-state index in [1.165, 1.54) is 4.68 Å². The maximum atomic E-state index is 12.9. The molecule has 1 aromatic carbocycles. The molecule has 0 spiro atoms. The van der Waals surface area contributed by atoms with Crippen LogP contribution < -0.4 is 5.56 Å². The summed E-state index contributed by atoms with van der Waals surface area (Å²) in [6.45, 7) is 3.17. The van der Waals surface area contributed by atoms with Gasteiger partial charge in [-0.1, -0.05) is 18.2 Å². The molecule has 0 bridgehead atoms. The predicted octanol–water partition coefficient (Wildman–Crippen LogP) is 1.84.